The van der Waals surface area contributed by atoms with E-state index in [9.17, 15) is 9.59 Å². The molecule has 3 N–H and O–H groups in total. The fourth-order valence-corrected chi connectivity index (χ4v) is 1.90. The van der Waals surface area contributed by atoms with Crippen LogP contribution < -0.4 is 5.73 Å². The summed E-state index contributed by atoms with van der Waals surface area (Å²) in [6, 6.07) is 0. The van der Waals surface area contributed by atoms with E-state index in [1.54, 1.807) is 6.92 Å². The van der Waals surface area contributed by atoms with Gasteiger partial charge >= 0.3 is 5.97 Å². The van der Waals surface area contributed by atoms with Crippen molar-refractivity contribution < 1.29 is 14.7 Å². The maximum absolute atomic E-state index is 12.4. The lowest BCUT2D eigenvalue weighted by atomic mass is 9.92. The third-order valence-electron chi connectivity index (χ3n) is 3.23. The highest BCUT2D eigenvalue weighted by atomic mass is 16.4. The minimum atomic E-state index is -1.01. The summed E-state index contributed by atoms with van der Waals surface area (Å²) < 4.78 is 0. The molecule has 1 rings (SSSR count). The second-order valence-electron chi connectivity index (χ2n) is 6.01. The molecule has 1 unspecified atom stereocenters. The van der Waals surface area contributed by atoms with Gasteiger partial charge in [0.1, 0.15) is 6.54 Å². The Morgan fingerprint density at radius 3 is 2.06 bits per heavy atom. The highest BCUT2D eigenvalue weighted by molar-refractivity contribution is 5.89. The zero-order chi connectivity index (χ0) is 13.4. The molecule has 0 aromatic rings. The number of carboxylic acids is 1. The summed E-state index contributed by atoms with van der Waals surface area (Å²) in [6.07, 6.45) is 1.90. The van der Waals surface area contributed by atoms with E-state index in [0.29, 0.717) is 0 Å². The average Bonchev–Trinajstić information content (AvgIpc) is 2.93. The SMILES string of the molecule is CC(N)(C(=O)N(CC(=O)O)C(C)(C)C)C1CC1. The van der Waals surface area contributed by atoms with Crippen molar-refractivity contribution >= 4 is 11.9 Å². The monoisotopic (exact) mass is 242 g/mol. The number of carboxylic acid groups (broad SMARTS) is 1. The van der Waals surface area contributed by atoms with Crippen LogP contribution in [-0.2, 0) is 9.59 Å². The maximum atomic E-state index is 12.4. The van der Waals surface area contributed by atoms with Gasteiger partial charge in [0, 0.05) is 5.54 Å². The van der Waals surface area contributed by atoms with Gasteiger partial charge in [-0.05, 0) is 46.5 Å². The first-order valence-electron chi connectivity index (χ1n) is 5.89. The summed E-state index contributed by atoms with van der Waals surface area (Å²) in [7, 11) is 0. The van der Waals surface area contributed by atoms with Crippen molar-refractivity contribution in [1.29, 1.82) is 0 Å². The summed E-state index contributed by atoms with van der Waals surface area (Å²) >= 11 is 0. The van der Waals surface area contributed by atoms with Crippen molar-refractivity contribution in [1.82, 2.24) is 4.90 Å². The van der Waals surface area contributed by atoms with Crippen LogP contribution in [0.4, 0.5) is 0 Å². The van der Waals surface area contributed by atoms with Crippen LogP contribution in [0.1, 0.15) is 40.5 Å². The molecule has 1 amide bonds. The molecule has 1 atom stereocenters. The van der Waals surface area contributed by atoms with E-state index in [1.165, 1.54) is 4.90 Å². The minimum Gasteiger partial charge on any atom is -0.480 e. The number of aliphatic carboxylic acids is 1. The van der Waals surface area contributed by atoms with Crippen molar-refractivity contribution in [2.75, 3.05) is 6.54 Å². The van der Waals surface area contributed by atoms with E-state index in [4.69, 9.17) is 10.8 Å². The van der Waals surface area contributed by atoms with E-state index in [2.05, 4.69) is 0 Å². The topological polar surface area (TPSA) is 83.6 Å². The number of nitrogens with two attached hydrogens (primary N) is 1. The van der Waals surface area contributed by atoms with E-state index in [0.717, 1.165) is 12.8 Å². The molecule has 0 bridgehead atoms. The van der Waals surface area contributed by atoms with E-state index >= 15 is 0 Å². The Balaban J connectivity index is 2.90. The zero-order valence-corrected chi connectivity index (χ0v) is 11.0. The van der Waals surface area contributed by atoms with Gasteiger partial charge < -0.3 is 15.7 Å². The lowest BCUT2D eigenvalue weighted by molar-refractivity contribution is -0.151. The van der Waals surface area contributed by atoms with Gasteiger partial charge in [0.25, 0.3) is 0 Å². The summed E-state index contributed by atoms with van der Waals surface area (Å²) in [5.74, 6) is -1.09. The second kappa shape index (κ2) is 4.29. The molecule has 5 nitrogen and oxygen atoms in total. The lowest BCUT2D eigenvalue weighted by Gasteiger charge is -2.39. The molecule has 1 saturated carbocycles. The van der Waals surface area contributed by atoms with Crippen LogP contribution in [0, 0.1) is 5.92 Å². The molecule has 1 aliphatic rings. The first kappa shape index (κ1) is 14.0. The third kappa shape index (κ3) is 3.19. The standard InChI is InChI=1S/C12H22N2O3/c1-11(2,3)14(7-9(15)16)10(17)12(4,13)8-5-6-8/h8H,5-7,13H2,1-4H3,(H,15,16). The van der Waals surface area contributed by atoms with Crippen molar-refractivity contribution in [3.63, 3.8) is 0 Å². The number of amides is 1. The Bertz CT molecular complexity index is 327. The summed E-state index contributed by atoms with van der Waals surface area (Å²) in [5.41, 5.74) is 4.58. The van der Waals surface area contributed by atoms with Crippen molar-refractivity contribution in [3.05, 3.63) is 0 Å². The molecule has 1 fully saturated rings. The van der Waals surface area contributed by atoms with Crippen LogP contribution in [0.2, 0.25) is 0 Å². The maximum Gasteiger partial charge on any atom is 0.323 e. The highest BCUT2D eigenvalue weighted by Crippen LogP contribution is 2.39. The van der Waals surface area contributed by atoms with E-state index in [-0.39, 0.29) is 18.4 Å². The third-order valence-corrected chi connectivity index (χ3v) is 3.23. The Hall–Kier alpha value is -1.10. The molecule has 1 aliphatic carbocycles. The van der Waals surface area contributed by atoms with Crippen LogP contribution in [0.5, 0.6) is 0 Å². The Kier molecular flexibility index (Phi) is 3.52. The number of hydrogen-bond acceptors (Lipinski definition) is 3. The van der Waals surface area contributed by atoms with Gasteiger partial charge in [-0.1, -0.05) is 0 Å². The average molecular weight is 242 g/mol. The fourth-order valence-electron chi connectivity index (χ4n) is 1.90. The molecule has 98 valence electrons. The highest BCUT2D eigenvalue weighted by Gasteiger charge is 2.48. The number of carbonyl (C=O) groups excluding carboxylic acids is 1. The smallest absolute Gasteiger partial charge is 0.323 e. The van der Waals surface area contributed by atoms with Crippen molar-refractivity contribution in [2.45, 2.75) is 51.6 Å². The molecule has 0 saturated heterocycles. The van der Waals surface area contributed by atoms with Gasteiger partial charge in [0.05, 0.1) is 5.54 Å². The lowest BCUT2D eigenvalue weighted by Crippen LogP contribution is -2.60. The summed E-state index contributed by atoms with van der Waals surface area (Å²) in [4.78, 5) is 24.6. The quantitative estimate of drug-likeness (QED) is 0.764. The molecule has 0 aromatic carbocycles. The van der Waals surface area contributed by atoms with Gasteiger partial charge in [0.2, 0.25) is 5.91 Å². The minimum absolute atomic E-state index is 0.189. The zero-order valence-electron chi connectivity index (χ0n) is 11.0. The van der Waals surface area contributed by atoms with Crippen LogP contribution in [0.25, 0.3) is 0 Å². The number of hydrogen-bond donors (Lipinski definition) is 2. The van der Waals surface area contributed by atoms with Crippen LogP contribution in [0.3, 0.4) is 0 Å². The predicted octanol–water partition coefficient (Wildman–Crippen LogP) is 0.825. The van der Waals surface area contributed by atoms with Crippen molar-refractivity contribution in [2.24, 2.45) is 11.7 Å². The molecule has 0 aliphatic heterocycles. The second-order valence-corrected chi connectivity index (χ2v) is 6.01. The van der Waals surface area contributed by atoms with Crippen LogP contribution in [-0.4, -0.2) is 39.5 Å². The van der Waals surface area contributed by atoms with Gasteiger partial charge in [-0.3, -0.25) is 9.59 Å². The Morgan fingerprint density at radius 2 is 1.76 bits per heavy atom. The van der Waals surface area contributed by atoms with Gasteiger partial charge in [-0.15, -0.1) is 0 Å². The molecule has 0 aromatic heterocycles. The summed E-state index contributed by atoms with van der Waals surface area (Å²) in [5, 5.41) is 8.88. The molecular weight excluding hydrogens is 220 g/mol. The molecule has 17 heavy (non-hydrogen) atoms. The molecule has 0 radical (unpaired) electrons. The molecular formula is C12H22N2O3. The normalized spacial score (nSPS) is 19.6. The number of carbonyl (C=O) groups is 2. The van der Waals surface area contributed by atoms with Gasteiger partial charge in [0.15, 0.2) is 0 Å². The largest absolute Gasteiger partial charge is 0.480 e. The van der Waals surface area contributed by atoms with E-state index in [1.807, 2.05) is 20.8 Å². The Morgan fingerprint density at radius 1 is 1.29 bits per heavy atom. The molecule has 0 heterocycles. The summed E-state index contributed by atoms with van der Waals surface area (Å²) in [6.45, 7) is 6.85. The first-order valence-corrected chi connectivity index (χ1v) is 5.89. The van der Waals surface area contributed by atoms with Gasteiger partial charge in [-0.2, -0.15) is 0 Å². The van der Waals surface area contributed by atoms with Crippen molar-refractivity contribution in [3.8, 4) is 0 Å². The fraction of sp³-hybridized carbons (Fsp3) is 0.833. The Labute approximate surface area is 102 Å². The van der Waals surface area contributed by atoms with E-state index < -0.39 is 17.0 Å². The molecule has 5 heteroatoms. The predicted molar refractivity (Wildman–Crippen MR) is 64.4 cm³/mol. The van der Waals surface area contributed by atoms with Crippen LogP contribution in [0.15, 0.2) is 0 Å². The number of rotatable bonds is 4. The molecule has 0 spiro atoms. The number of nitrogens with zero attached hydrogens (tertiary/aromatic N) is 1. The first-order chi connectivity index (χ1) is 7.56. The van der Waals surface area contributed by atoms with Crippen LogP contribution >= 0.6 is 0 Å². The van der Waals surface area contributed by atoms with Gasteiger partial charge in [-0.25, -0.2) is 0 Å².